The second kappa shape index (κ2) is 3.98. The number of hydrogen-bond acceptors (Lipinski definition) is 2. The minimum Gasteiger partial charge on any atom is -0.266 e. The van der Waals surface area contributed by atoms with Crippen molar-refractivity contribution < 1.29 is 0 Å². The first-order valence-electron chi connectivity index (χ1n) is 6.13. The van der Waals surface area contributed by atoms with Gasteiger partial charge in [-0.25, -0.2) is 4.52 Å². The van der Waals surface area contributed by atoms with Gasteiger partial charge in [0.1, 0.15) is 11.3 Å². The fraction of sp³-hybridized carbons (Fsp3) is 0.286. The van der Waals surface area contributed by atoms with Crippen LogP contribution in [0.3, 0.4) is 0 Å². The molecular weight excluding hydrogens is 226 g/mol. The summed E-state index contributed by atoms with van der Waals surface area (Å²) in [6.45, 7) is 3.79. The van der Waals surface area contributed by atoms with E-state index in [1.165, 1.54) is 0 Å². The van der Waals surface area contributed by atoms with Gasteiger partial charge in [0, 0.05) is 11.9 Å². The third kappa shape index (κ3) is 1.53. The molecule has 4 nitrogen and oxygen atoms in total. The molecule has 0 unspecified atom stereocenters. The summed E-state index contributed by atoms with van der Waals surface area (Å²) in [6, 6.07) is 1.92. The molecule has 1 aliphatic carbocycles. The molecule has 0 N–H and O–H groups in total. The quantitative estimate of drug-likeness (QED) is 0.768. The molecule has 0 atom stereocenters. The van der Waals surface area contributed by atoms with Crippen molar-refractivity contribution in [3.05, 3.63) is 52.2 Å². The van der Waals surface area contributed by atoms with E-state index in [9.17, 15) is 4.79 Å². The number of nitrogens with zero attached hydrogens (tertiary/aromatic N) is 3. The molecule has 18 heavy (non-hydrogen) atoms. The lowest BCUT2D eigenvalue weighted by Crippen LogP contribution is -2.25. The van der Waals surface area contributed by atoms with Crippen molar-refractivity contribution in [1.82, 2.24) is 14.2 Å². The van der Waals surface area contributed by atoms with Gasteiger partial charge in [-0.1, -0.05) is 12.2 Å². The molecule has 1 aliphatic rings. The molecule has 92 valence electrons. The molecule has 0 aromatic carbocycles. The summed E-state index contributed by atoms with van der Waals surface area (Å²) < 4.78 is 3.36. The second-order valence-electron chi connectivity index (χ2n) is 4.59. The highest BCUT2D eigenvalue weighted by Crippen LogP contribution is 2.15. The smallest absolute Gasteiger partial charge is 0.266 e. The third-order valence-electron chi connectivity index (χ3n) is 3.28. The first-order chi connectivity index (χ1) is 8.68. The van der Waals surface area contributed by atoms with E-state index in [0.29, 0.717) is 11.3 Å². The predicted octanol–water partition coefficient (Wildman–Crippen LogP) is 2.30. The monoisotopic (exact) mass is 241 g/mol. The zero-order valence-corrected chi connectivity index (χ0v) is 10.6. The minimum absolute atomic E-state index is 0.00259. The van der Waals surface area contributed by atoms with Gasteiger partial charge in [-0.2, -0.15) is 5.10 Å². The highest BCUT2D eigenvalue weighted by atomic mass is 16.1. The van der Waals surface area contributed by atoms with E-state index in [0.717, 1.165) is 24.1 Å². The van der Waals surface area contributed by atoms with Crippen LogP contribution >= 0.6 is 0 Å². The topological polar surface area (TPSA) is 39.3 Å². The summed E-state index contributed by atoms with van der Waals surface area (Å²) in [6.07, 6.45) is 10.0. The van der Waals surface area contributed by atoms with Crippen molar-refractivity contribution in [3.63, 3.8) is 0 Å². The summed E-state index contributed by atoms with van der Waals surface area (Å²) in [4.78, 5) is 12.6. The summed E-state index contributed by atoms with van der Waals surface area (Å²) in [7, 11) is 0. The molecule has 0 amide bonds. The van der Waals surface area contributed by atoms with Gasteiger partial charge in [0.15, 0.2) is 0 Å². The Labute approximate surface area is 105 Å². The summed E-state index contributed by atoms with van der Waals surface area (Å²) in [5.41, 5.74) is 2.55. The van der Waals surface area contributed by atoms with Crippen LogP contribution in [0.4, 0.5) is 0 Å². The summed E-state index contributed by atoms with van der Waals surface area (Å²) in [5.74, 6) is 0.709. The Balaban J connectivity index is 2.35. The fourth-order valence-electron chi connectivity index (χ4n) is 2.39. The zero-order chi connectivity index (χ0) is 12.7. The Hall–Kier alpha value is -2.10. The molecule has 3 rings (SSSR count). The molecule has 0 radical (unpaired) electrons. The van der Waals surface area contributed by atoms with Crippen LogP contribution in [0.2, 0.25) is 0 Å². The Morgan fingerprint density at radius 3 is 2.83 bits per heavy atom. The van der Waals surface area contributed by atoms with Crippen LogP contribution in [0.15, 0.2) is 35.3 Å². The number of hydrogen-bond donors (Lipinski definition) is 0. The molecule has 4 heteroatoms. The van der Waals surface area contributed by atoms with Gasteiger partial charge < -0.3 is 0 Å². The molecule has 2 heterocycles. The molecule has 0 aliphatic heterocycles. The molecule has 0 bridgehead atoms. The first kappa shape index (κ1) is 11.0. The molecule has 0 fully saturated rings. The van der Waals surface area contributed by atoms with Crippen LogP contribution in [0.25, 0.3) is 11.2 Å². The number of aryl methyl sites for hydroxylation is 2. The Morgan fingerprint density at radius 2 is 2.11 bits per heavy atom. The van der Waals surface area contributed by atoms with E-state index in [4.69, 9.17) is 0 Å². The third-order valence-corrected chi connectivity index (χ3v) is 3.28. The van der Waals surface area contributed by atoms with Gasteiger partial charge in [-0.05, 0) is 44.4 Å². The highest BCUT2D eigenvalue weighted by Gasteiger charge is 2.13. The molecule has 2 aromatic rings. The SMILES string of the molecule is Cc1ccn2nc(C)n(C3=CCCC=C3)c(=O)c12. The lowest BCUT2D eigenvalue weighted by atomic mass is 10.1. The van der Waals surface area contributed by atoms with Gasteiger partial charge in [0.25, 0.3) is 5.56 Å². The number of allylic oxidation sites excluding steroid dienone is 4. The van der Waals surface area contributed by atoms with Gasteiger partial charge >= 0.3 is 0 Å². The number of aromatic nitrogens is 3. The van der Waals surface area contributed by atoms with Crippen LogP contribution in [-0.2, 0) is 0 Å². The van der Waals surface area contributed by atoms with Crippen molar-refractivity contribution in [2.24, 2.45) is 0 Å². The maximum absolute atomic E-state index is 12.6. The van der Waals surface area contributed by atoms with Gasteiger partial charge in [-0.3, -0.25) is 9.36 Å². The van der Waals surface area contributed by atoms with Gasteiger partial charge in [-0.15, -0.1) is 0 Å². The van der Waals surface area contributed by atoms with E-state index >= 15 is 0 Å². The van der Waals surface area contributed by atoms with Crippen LogP contribution in [0.1, 0.15) is 24.2 Å². The summed E-state index contributed by atoms with van der Waals surface area (Å²) in [5, 5.41) is 4.44. The Bertz CT molecular complexity index is 731. The van der Waals surface area contributed by atoms with Gasteiger partial charge in [0.2, 0.25) is 0 Å². The van der Waals surface area contributed by atoms with E-state index in [-0.39, 0.29) is 5.56 Å². The predicted molar refractivity (Wildman–Crippen MR) is 71.6 cm³/mol. The molecule has 0 spiro atoms. The molecule has 0 saturated carbocycles. The second-order valence-corrected chi connectivity index (χ2v) is 4.59. The lowest BCUT2D eigenvalue weighted by molar-refractivity contribution is 0.783. The number of fused-ring (bicyclic) bond motifs is 1. The van der Waals surface area contributed by atoms with E-state index in [1.54, 1.807) is 9.08 Å². The van der Waals surface area contributed by atoms with Crippen molar-refractivity contribution in [2.75, 3.05) is 0 Å². The average molecular weight is 241 g/mol. The van der Waals surface area contributed by atoms with Crippen molar-refractivity contribution in [1.29, 1.82) is 0 Å². The summed E-state index contributed by atoms with van der Waals surface area (Å²) >= 11 is 0. The first-order valence-corrected chi connectivity index (χ1v) is 6.13. The van der Waals surface area contributed by atoms with Crippen molar-refractivity contribution in [2.45, 2.75) is 26.7 Å². The van der Waals surface area contributed by atoms with Crippen molar-refractivity contribution in [3.8, 4) is 0 Å². The zero-order valence-electron chi connectivity index (χ0n) is 10.6. The molecule has 0 saturated heterocycles. The maximum atomic E-state index is 12.6. The number of rotatable bonds is 1. The Kier molecular flexibility index (Phi) is 2.44. The molecule has 2 aromatic heterocycles. The highest BCUT2D eigenvalue weighted by molar-refractivity contribution is 5.62. The minimum atomic E-state index is 0.00259. The maximum Gasteiger partial charge on any atom is 0.282 e. The van der Waals surface area contributed by atoms with Crippen LogP contribution in [-0.4, -0.2) is 14.2 Å². The van der Waals surface area contributed by atoms with E-state index in [2.05, 4.69) is 17.3 Å². The fourth-order valence-corrected chi connectivity index (χ4v) is 2.39. The van der Waals surface area contributed by atoms with E-state index in [1.807, 2.05) is 32.2 Å². The van der Waals surface area contributed by atoms with E-state index < -0.39 is 0 Å². The van der Waals surface area contributed by atoms with Crippen LogP contribution < -0.4 is 5.56 Å². The molecular formula is C14H15N3O. The standard InChI is InChI=1S/C14H15N3O/c1-10-8-9-16-13(10)14(18)17(11(2)15-16)12-6-4-3-5-7-12/h4,6-9H,3,5H2,1-2H3. The lowest BCUT2D eigenvalue weighted by Gasteiger charge is -2.13. The average Bonchev–Trinajstić information content (AvgIpc) is 2.72. The van der Waals surface area contributed by atoms with Crippen LogP contribution in [0, 0.1) is 13.8 Å². The normalized spacial score (nSPS) is 15.1. The van der Waals surface area contributed by atoms with Crippen molar-refractivity contribution >= 4 is 11.2 Å². The Morgan fingerprint density at radius 1 is 1.28 bits per heavy atom. The van der Waals surface area contributed by atoms with Gasteiger partial charge in [0.05, 0.1) is 0 Å². The van der Waals surface area contributed by atoms with Crippen LogP contribution in [0.5, 0.6) is 0 Å². The largest absolute Gasteiger partial charge is 0.282 e.